The lowest BCUT2D eigenvalue weighted by Crippen LogP contribution is -2.20. The Bertz CT molecular complexity index is 1120. The second-order valence-electron chi connectivity index (χ2n) is 7.44. The van der Waals surface area contributed by atoms with Crippen LogP contribution in [0.25, 0.3) is 10.8 Å². The first-order valence-electron chi connectivity index (χ1n) is 10.4. The second kappa shape index (κ2) is 10.1. The number of aromatic nitrogens is 1. The van der Waals surface area contributed by atoms with Crippen molar-refractivity contribution in [2.75, 3.05) is 14.2 Å². The molecule has 168 valence electrons. The van der Waals surface area contributed by atoms with Crippen LogP contribution < -0.4 is 14.2 Å². The summed E-state index contributed by atoms with van der Waals surface area (Å²) >= 11 is 0. The topological polar surface area (TPSA) is 84.0 Å². The van der Waals surface area contributed by atoms with Crippen LogP contribution in [-0.2, 0) is 9.53 Å². The third-order valence-corrected chi connectivity index (χ3v) is 4.84. The number of methoxy groups -OCH3 is 2. The largest absolute Gasteiger partial charge is 0.493 e. The molecule has 0 saturated heterocycles. The van der Waals surface area contributed by atoms with Crippen LogP contribution in [0.5, 0.6) is 17.2 Å². The summed E-state index contributed by atoms with van der Waals surface area (Å²) < 4.78 is 22.1. The standard InChI is InChI=1S/C25H27NO6/c1-6-23(27)32-25(24(28)16-8-7-9-18(10-16)31-15(2)3)20-14-26-13-17-11-21(29-4)22(30-5)12-19(17)20/h7-15,25H,6H2,1-5H3. The summed E-state index contributed by atoms with van der Waals surface area (Å²) in [5.41, 5.74) is 0.833. The maximum absolute atomic E-state index is 13.5. The Hall–Kier alpha value is -3.61. The Morgan fingerprint density at radius 2 is 1.72 bits per heavy atom. The normalized spacial score (nSPS) is 11.8. The molecule has 1 heterocycles. The lowest BCUT2D eigenvalue weighted by molar-refractivity contribution is -0.146. The number of carbonyl (C=O) groups excluding carboxylic acids is 2. The van der Waals surface area contributed by atoms with E-state index in [1.54, 1.807) is 56.6 Å². The van der Waals surface area contributed by atoms with Gasteiger partial charge >= 0.3 is 5.97 Å². The lowest BCUT2D eigenvalue weighted by atomic mass is 9.96. The quantitative estimate of drug-likeness (QED) is 0.347. The minimum absolute atomic E-state index is 0.0428. The number of pyridine rings is 1. The summed E-state index contributed by atoms with van der Waals surface area (Å²) in [7, 11) is 3.08. The maximum Gasteiger partial charge on any atom is 0.306 e. The van der Waals surface area contributed by atoms with Gasteiger partial charge in [0.05, 0.1) is 20.3 Å². The first-order valence-corrected chi connectivity index (χ1v) is 10.4. The molecule has 3 aromatic rings. The Balaban J connectivity index is 2.13. The number of ketones is 1. The molecule has 3 rings (SSSR count). The minimum atomic E-state index is -1.17. The fourth-order valence-corrected chi connectivity index (χ4v) is 3.35. The van der Waals surface area contributed by atoms with Crippen molar-refractivity contribution in [2.45, 2.75) is 39.4 Å². The van der Waals surface area contributed by atoms with Gasteiger partial charge in [0.2, 0.25) is 5.78 Å². The Morgan fingerprint density at radius 1 is 1.00 bits per heavy atom. The molecule has 32 heavy (non-hydrogen) atoms. The van der Waals surface area contributed by atoms with Crippen molar-refractivity contribution in [2.24, 2.45) is 0 Å². The number of hydrogen-bond donors (Lipinski definition) is 0. The number of ether oxygens (including phenoxy) is 4. The van der Waals surface area contributed by atoms with Crippen LogP contribution in [0.1, 0.15) is 49.2 Å². The molecule has 0 aliphatic heterocycles. The van der Waals surface area contributed by atoms with Crippen LogP contribution in [0.3, 0.4) is 0 Å². The smallest absolute Gasteiger partial charge is 0.306 e. The summed E-state index contributed by atoms with van der Waals surface area (Å²) in [6.45, 7) is 5.49. The van der Waals surface area contributed by atoms with Crippen molar-refractivity contribution < 1.29 is 28.5 Å². The molecule has 0 aliphatic rings. The summed E-state index contributed by atoms with van der Waals surface area (Å²) in [6, 6.07) is 10.4. The van der Waals surface area contributed by atoms with Crippen LogP contribution in [0.2, 0.25) is 0 Å². The zero-order valence-electron chi connectivity index (χ0n) is 18.9. The summed E-state index contributed by atoms with van der Waals surface area (Å²) in [5, 5.41) is 1.40. The molecular weight excluding hydrogens is 410 g/mol. The van der Waals surface area contributed by atoms with Crippen molar-refractivity contribution in [1.29, 1.82) is 0 Å². The predicted octanol–water partition coefficient (Wildman–Crippen LogP) is 4.92. The van der Waals surface area contributed by atoms with Crippen LogP contribution in [0.15, 0.2) is 48.8 Å². The van der Waals surface area contributed by atoms with Gasteiger partial charge in [-0.1, -0.05) is 19.1 Å². The van der Waals surface area contributed by atoms with Gasteiger partial charge in [0.15, 0.2) is 17.6 Å². The molecule has 0 N–H and O–H groups in total. The lowest BCUT2D eigenvalue weighted by Gasteiger charge is -2.20. The van der Waals surface area contributed by atoms with Gasteiger partial charge in [-0.3, -0.25) is 14.6 Å². The molecule has 2 aromatic carbocycles. The van der Waals surface area contributed by atoms with Gasteiger partial charge < -0.3 is 18.9 Å². The number of benzene rings is 2. The highest BCUT2D eigenvalue weighted by atomic mass is 16.5. The first-order chi connectivity index (χ1) is 15.4. The van der Waals surface area contributed by atoms with Crippen molar-refractivity contribution >= 4 is 22.5 Å². The summed E-state index contributed by atoms with van der Waals surface area (Å²) in [4.78, 5) is 30.0. The fourth-order valence-electron chi connectivity index (χ4n) is 3.35. The molecule has 0 saturated carbocycles. The number of fused-ring (bicyclic) bond motifs is 1. The van der Waals surface area contributed by atoms with Gasteiger partial charge in [0, 0.05) is 35.3 Å². The molecule has 0 amide bonds. The monoisotopic (exact) mass is 437 g/mol. The summed E-state index contributed by atoms with van der Waals surface area (Å²) in [5.74, 6) is 0.730. The van der Waals surface area contributed by atoms with Crippen LogP contribution in [0, 0.1) is 0 Å². The van der Waals surface area contributed by atoms with E-state index in [9.17, 15) is 9.59 Å². The van der Waals surface area contributed by atoms with Crippen molar-refractivity contribution in [3.05, 3.63) is 59.9 Å². The third-order valence-electron chi connectivity index (χ3n) is 4.84. The highest BCUT2D eigenvalue weighted by Crippen LogP contribution is 2.36. The molecule has 1 atom stereocenters. The van der Waals surface area contributed by atoms with Gasteiger partial charge in [-0.25, -0.2) is 0 Å². The molecule has 0 radical (unpaired) electrons. The minimum Gasteiger partial charge on any atom is -0.493 e. The SMILES string of the molecule is CCC(=O)OC(C(=O)c1cccc(OC(C)C)c1)c1cncc2cc(OC)c(OC)cc12. The van der Waals surface area contributed by atoms with E-state index in [1.807, 2.05) is 13.8 Å². The second-order valence-corrected chi connectivity index (χ2v) is 7.44. The van der Waals surface area contributed by atoms with E-state index >= 15 is 0 Å². The fraction of sp³-hybridized carbons (Fsp3) is 0.320. The molecule has 0 aliphatic carbocycles. The molecule has 7 nitrogen and oxygen atoms in total. The first kappa shape index (κ1) is 23.1. The van der Waals surface area contributed by atoms with E-state index in [2.05, 4.69) is 4.98 Å². The Labute approximate surface area is 187 Å². The molecule has 7 heteroatoms. The zero-order valence-corrected chi connectivity index (χ0v) is 18.9. The van der Waals surface area contributed by atoms with Gasteiger partial charge in [-0.2, -0.15) is 0 Å². The average Bonchev–Trinajstić information content (AvgIpc) is 2.80. The van der Waals surface area contributed by atoms with E-state index in [0.717, 1.165) is 5.39 Å². The maximum atomic E-state index is 13.5. The van der Waals surface area contributed by atoms with Crippen molar-refractivity contribution in [3.63, 3.8) is 0 Å². The molecule has 0 bridgehead atoms. The molecule has 1 aromatic heterocycles. The van der Waals surface area contributed by atoms with Crippen molar-refractivity contribution in [1.82, 2.24) is 4.98 Å². The average molecular weight is 437 g/mol. The Morgan fingerprint density at radius 3 is 2.38 bits per heavy atom. The molecule has 0 spiro atoms. The number of carbonyl (C=O) groups is 2. The van der Waals surface area contributed by atoms with E-state index in [4.69, 9.17) is 18.9 Å². The molecule has 0 fully saturated rings. The van der Waals surface area contributed by atoms with E-state index in [-0.39, 0.29) is 18.3 Å². The Kier molecular flexibility index (Phi) is 7.30. The van der Waals surface area contributed by atoms with Crippen LogP contribution in [0.4, 0.5) is 0 Å². The molecular formula is C25H27NO6. The van der Waals surface area contributed by atoms with Crippen LogP contribution >= 0.6 is 0 Å². The summed E-state index contributed by atoms with van der Waals surface area (Å²) in [6.07, 6.45) is 2.11. The van der Waals surface area contributed by atoms with Crippen molar-refractivity contribution in [3.8, 4) is 17.2 Å². The van der Waals surface area contributed by atoms with E-state index in [0.29, 0.717) is 33.8 Å². The number of nitrogens with zero attached hydrogens (tertiary/aromatic N) is 1. The predicted molar refractivity (Wildman–Crippen MR) is 121 cm³/mol. The number of hydrogen-bond acceptors (Lipinski definition) is 7. The third kappa shape index (κ3) is 4.99. The van der Waals surface area contributed by atoms with Gasteiger partial charge in [0.25, 0.3) is 0 Å². The van der Waals surface area contributed by atoms with Gasteiger partial charge in [-0.15, -0.1) is 0 Å². The highest BCUT2D eigenvalue weighted by Gasteiger charge is 2.29. The number of Topliss-reactive ketones (excluding diaryl/α,β-unsaturated/α-hetero) is 1. The van der Waals surface area contributed by atoms with Gasteiger partial charge in [-0.05, 0) is 43.5 Å². The zero-order chi connectivity index (χ0) is 23.3. The van der Waals surface area contributed by atoms with E-state index < -0.39 is 12.1 Å². The van der Waals surface area contributed by atoms with E-state index in [1.165, 1.54) is 13.3 Å². The highest BCUT2D eigenvalue weighted by molar-refractivity contribution is 6.04. The van der Waals surface area contributed by atoms with Gasteiger partial charge in [0.1, 0.15) is 5.75 Å². The molecule has 1 unspecified atom stereocenters. The number of rotatable bonds is 9. The van der Waals surface area contributed by atoms with Crippen LogP contribution in [-0.4, -0.2) is 37.1 Å². The number of esters is 1.